The fraction of sp³-hybridized carbons (Fsp3) is 0.667. The third-order valence-electron chi connectivity index (χ3n) is 10.4. The van der Waals surface area contributed by atoms with Crippen LogP contribution in [-0.2, 0) is 44.7 Å². The molecule has 4 amide bonds. The third kappa shape index (κ3) is 8.96. The molecule has 4 fully saturated rings. The van der Waals surface area contributed by atoms with E-state index in [1.807, 2.05) is 30.3 Å². The number of hydrogen-bond acceptors (Lipinski definition) is 10. The summed E-state index contributed by atoms with van der Waals surface area (Å²) in [6.07, 6.45) is 6.41. The molecule has 0 radical (unpaired) electrons. The standard InChI is InChI=1S/C36H50N4O8S2/c1-22(31(41)37-25-17-19-49-29-13-7-11-27(35(45)47-2)39(29)33(25)43)15-16-24(21-23-9-5-4-6-10-23)32(42)38-26-18-20-50-30-14-8-12-28(36(46)48-3)40(30)34(26)44/h4-6,9-10,22,24-30H,7-8,11-21H2,1-3H3,(H,37,41)(H,38,42)/t22-,24+,25-,26-,27-,28-,29-,30?/m0/s1. The maximum atomic E-state index is 14.0. The van der Waals surface area contributed by atoms with E-state index in [9.17, 15) is 28.8 Å². The minimum absolute atomic E-state index is 0.122. The highest BCUT2D eigenvalue weighted by molar-refractivity contribution is 8.00. The number of methoxy groups -OCH3 is 2. The lowest BCUT2D eigenvalue weighted by molar-refractivity contribution is -0.156. The molecule has 0 aromatic heterocycles. The van der Waals surface area contributed by atoms with Gasteiger partial charge >= 0.3 is 11.9 Å². The van der Waals surface area contributed by atoms with Crippen molar-refractivity contribution in [2.45, 2.75) is 112 Å². The number of carbonyl (C=O) groups is 6. The summed E-state index contributed by atoms with van der Waals surface area (Å²) in [6.45, 7) is 1.79. The Hall–Kier alpha value is -3.26. The fourth-order valence-electron chi connectivity index (χ4n) is 7.51. The predicted octanol–water partition coefficient (Wildman–Crippen LogP) is 3.27. The zero-order valence-electron chi connectivity index (χ0n) is 29.2. The average molecular weight is 731 g/mol. The number of thioether (sulfide) groups is 2. The Morgan fingerprint density at radius 1 is 0.740 bits per heavy atom. The number of rotatable bonds is 11. The second-order valence-corrected chi connectivity index (χ2v) is 16.2. The molecular weight excluding hydrogens is 681 g/mol. The molecule has 2 N–H and O–H groups in total. The van der Waals surface area contributed by atoms with E-state index in [4.69, 9.17) is 9.47 Å². The smallest absolute Gasteiger partial charge is 0.328 e. The van der Waals surface area contributed by atoms with Crippen molar-refractivity contribution in [3.8, 4) is 0 Å². The molecule has 4 aliphatic rings. The van der Waals surface area contributed by atoms with Crippen molar-refractivity contribution in [2.75, 3.05) is 25.7 Å². The number of carbonyl (C=O) groups excluding carboxylic acids is 6. The van der Waals surface area contributed by atoms with Crippen molar-refractivity contribution in [1.29, 1.82) is 0 Å². The molecule has 0 spiro atoms. The SMILES string of the molecule is COC(=O)[C@@H]1CCCC2SCC[C@H](NC(=O)[C@H](CC[C@H](C)C(=O)N[C@H]3CCS[C@H]4CCC[C@@H](C(=O)OC)N4C3=O)Cc3ccccc3)C(=O)N21. The number of nitrogens with zero attached hydrogens (tertiary/aromatic N) is 2. The maximum Gasteiger partial charge on any atom is 0.328 e. The molecule has 0 saturated carbocycles. The summed E-state index contributed by atoms with van der Waals surface area (Å²) in [6, 6.07) is 6.80. The second kappa shape index (κ2) is 17.8. The van der Waals surface area contributed by atoms with Crippen LogP contribution < -0.4 is 10.6 Å². The number of hydrogen-bond donors (Lipinski definition) is 2. The minimum Gasteiger partial charge on any atom is -0.467 e. The Balaban J connectivity index is 1.24. The van der Waals surface area contributed by atoms with Gasteiger partial charge in [0.2, 0.25) is 23.6 Å². The van der Waals surface area contributed by atoms with E-state index in [-0.39, 0.29) is 34.4 Å². The zero-order chi connectivity index (χ0) is 35.8. The van der Waals surface area contributed by atoms with Gasteiger partial charge in [0.1, 0.15) is 24.2 Å². The van der Waals surface area contributed by atoms with Gasteiger partial charge in [-0.15, -0.1) is 23.5 Å². The fourth-order valence-corrected chi connectivity index (χ4v) is 10.3. The highest BCUT2D eigenvalue weighted by Crippen LogP contribution is 2.36. The van der Waals surface area contributed by atoms with Crippen LogP contribution in [0, 0.1) is 11.8 Å². The highest BCUT2D eigenvalue weighted by Gasteiger charge is 2.45. The molecule has 1 unspecified atom stereocenters. The molecule has 5 rings (SSSR count). The normalized spacial score (nSPS) is 28.1. The van der Waals surface area contributed by atoms with Crippen LogP contribution >= 0.6 is 23.5 Å². The van der Waals surface area contributed by atoms with Crippen LogP contribution in [0.25, 0.3) is 0 Å². The topological polar surface area (TPSA) is 151 Å². The lowest BCUT2D eigenvalue weighted by atomic mass is 9.89. The van der Waals surface area contributed by atoms with Crippen LogP contribution in [0.1, 0.15) is 76.7 Å². The molecular formula is C36H50N4O8S2. The van der Waals surface area contributed by atoms with Crippen LogP contribution in [0.2, 0.25) is 0 Å². The van der Waals surface area contributed by atoms with E-state index in [1.165, 1.54) is 14.2 Å². The summed E-state index contributed by atoms with van der Waals surface area (Å²) >= 11 is 3.27. The Morgan fingerprint density at radius 2 is 1.24 bits per heavy atom. The molecule has 1 aromatic rings. The van der Waals surface area contributed by atoms with E-state index in [0.717, 1.165) is 31.2 Å². The van der Waals surface area contributed by atoms with Gasteiger partial charge in [-0.2, -0.15) is 0 Å². The van der Waals surface area contributed by atoms with Gasteiger partial charge in [-0.1, -0.05) is 37.3 Å². The van der Waals surface area contributed by atoms with Gasteiger partial charge in [0.25, 0.3) is 0 Å². The van der Waals surface area contributed by atoms with Gasteiger partial charge in [0.15, 0.2) is 0 Å². The van der Waals surface area contributed by atoms with Crippen molar-refractivity contribution < 1.29 is 38.2 Å². The number of benzene rings is 1. The zero-order valence-corrected chi connectivity index (χ0v) is 30.8. The molecule has 14 heteroatoms. The van der Waals surface area contributed by atoms with Gasteiger partial charge in [-0.25, -0.2) is 9.59 Å². The first-order valence-electron chi connectivity index (χ1n) is 17.8. The van der Waals surface area contributed by atoms with Gasteiger partial charge in [0, 0.05) is 11.8 Å². The number of amides is 4. The summed E-state index contributed by atoms with van der Waals surface area (Å²) in [5.74, 6) is -1.60. The Labute approximate surface area is 302 Å². The van der Waals surface area contributed by atoms with Crippen LogP contribution in [0.4, 0.5) is 0 Å². The van der Waals surface area contributed by atoms with Crippen LogP contribution in [0.3, 0.4) is 0 Å². The summed E-state index contributed by atoms with van der Waals surface area (Å²) < 4.78 is 10.0. The Bertz CT molecular complexity index is 1400. The molecule has 0 bridgehead atoms. The van der Waals surface area contributed by atoms with Crippen molar-refractivity contribution in [1.82, 2.24) is 20.4 Å². The van der Waals surface area contributed by atoms with E-state index in [1.54, 1.807) is 40.2 Å². The molecule has 4 saturated heterocycles. The Morgan fingerprint density at radius 3 is 1.74 bits per heavy atom. The highest BCUT2D eigenvalue weighted by atomic mass is 32.2. The molecule has 0 aliphatic carbocycles. The van der Waals surface area contributed by atoms with Crippen LogP contribution in [-0.4, -0.2) is 106 Å². The lowest BCUT2D eigenvalue weighted by Crippen LogP contribution is -2.58. The molecule has 274 valence electrons. The lowest BCUT2D eigenvalue weighted by Gasteiger charge is -2.40. The van der Waals surface area contributed by atoms with E-state index < -0.39 is 47.9 Å². The van der Waals surface area contributed by atoms with Crippen LogP contribution in [0.5, 0.6) is 0 Å². The summed E-state index contributed by atoms with van der Waals surface area (Å²) in [5, 5.41) is 5.73. The molecule has 12 nitrogen and oxygen atoms in total. The number of ether oxygens (including phenoxy) is 2. The average Bonchev–Trinajstić information content (AvgIpc) is 3.39. The van der Waals surface area contributed by atoms with Gasteiger partial charge in [0.05, 0.1) is 25.0 Å². The largest absolute Gasteiger partial charge is 0.467 e. The van der Waals surface area contributed by atoms with Crippen molar-refractivity contribution in [3.05, 3.63) is 35.9 Å². The van der Waals surface area contributed by atoms with E-state index >= 15 is 0 Å². The first-order valence-corrected chi connectivity index (χ1v) is 19.9. The number of fused-ring (bicyclic) bond motifs is 2. The summed E-state index contributed by atoms with van der Waals surface area (Å²) in [7, 11) is 2.65. The summed E-state index contributed by atoms with van der Waals surface area (Å²) in [5.41, 5.74) is 0.965. The van der Waals surface area contributed by atoms with Crippen LogP contribution in [0.15, 0.2) is 30.3 Å². The first kappa shape index (κ1) is 38.0. The monoisotopic (exact) mass is 730 g/mol. The Kier molecular flexibility index (Phi) is 13.5. The van der Waals surface area contributed by atoms with E-state index in [0.29, 0.717) is 56.5 Å². The molecule has 4 aliphatic heterocycles. The maximum absolute atomic E-state index is 14.0. The molecule has 8 atom stereocenters. The number of esters is 2. The number of nitrogens with one attached hydrogen (secondary N) is 2. The number of piperidine rings is 2. The molecule has 1 aromatic carbocycles. The molecule has 50 heavy (non-hydrogen) atoms. The third-order valence-corrected chi connectivity index (χ3v) is 13.0. The quantitative estimate of drug-likeness (QED) is 0.325. The summed E-state index contributed by atoms with van der Waals surface area (Å²) in [4.78, 5) is 83.5. The molecule has 4 heterocycles. The van der Waals surface area contributed by atoms with E-state index in [2.05, 4.69) is 10.6 Å². The minimum atomic E-state index is -0.768. The van der Waals surface area contributed by atoms with Crippen molar-refractivity contribution >= 4 is 59.1 Å². The van der Waals surface area contributed by atoms with Crippen molar-refractivity contribution in [3.63, 3.8) is 0 Å². The predicted molar refractivity (Wildman–Crippen MR) is 191 cm³/mol. The van der Waals surface area contributed by atoms with Gasteiger partial charge in [-0.3, -0.25) is 19.2 Å². The van der Waals surface area contributed by atoms with Gasteiger partial charge < -0.3 is 29.9 Å². The second-order valence-electron chi connectivity index (χ2n) is 13.6. The van der Waals surface area contributed by atoms with Gasteiger partial charge in [-0.05, 0) is 87.7 Å². The first-order chi connectivity index (χ1) is 24.1. The van der Waals surface area contributed by atoms with Crippen molar-refractivity contribution in [2.24, 2.45) is 11.8 Å².